The van der Waals surface area contributed by atoms with Gasteiger partial charge in [-0.05, 0) is 24.1 Å². The lowest BCUT2D eigenvalue weighted by Gasteiger charge is -2.32. The molecule has 0 aliphatic carbocycles. The number of nitrogens with one attached hydrogen (secondary N) is 1. The molecule has 0 amide bonds. The molecule has 0 bridgehead atoms. The molecule has 0 atom stereocenters. The number of hydrogen-bond acceptors (Lipinski definition) is 5. The van der Waals surface area contributed by atoms with Gasteiger partial charge in [0.25, 0.3) is 0 Å². The molecule has 2 N–H and O–H groups in total. The van der Waals surface area contributed by atoms with E-state index in [-0.39, 0.29) is 0 Å². The van der Waals surface area contributed by atoms with Crippen LogP contribution in [-0.4, -0.2) is 44.2 Å². The molecule has 0 spiro atoms. The number of ether oxygens (including phenoxy) is 3. The molecule has 130 valence electrons. The van der Waals surface area contributed by atoms with Gasteiger partial charge >= 0.3 is 0 Å². The van der Waals surface area contributed by atoms with Crippen LogP contribution in [0.3, 0.4) is 0 Å². The van der Waals surface area contributed by atoms with E-state index in [0.29, 0.717) is 62.3 Å². The summed E-state index contributed by atoms with van der Waals surface area (Å²) in [4.78, 5) is 0. The van der Waals surface area contributed by atoms with Gasteiger partial charge in [0.15, 0.2) is 11.5 Å². The van der Waals surface area contributed by atoms with Gasteiger partial charge in [0, 0.05) is 39.1 Å². The minimum Gasteiger partial charge on any atom is -0.493 e. The molecular formula is C17H26ClNO4. The molecule has 0 radical (unpaired) electrons. The van der Waals surface area contributed by atoms with E-state index in [2.05, 4.69) is 5.32 Å². The molecule has 1 heterocycles. The maximum Gasteiger partial charge on any atom is 0.179 e. The van der Waals surface area contributed by atoms with Crippen LogP contribution < -0.4 is 14.8 Å². The highest BCUT2D eigenvalue weighted by Crippen LogP contribution is 2.36. The van der Waals surface area contributed by atoms with Crippen molar-refractivity contribution in [3.05, 3.63) is 22.7 Å². The van der Waals surface area contributed by atoms with Crippen molar-refractivity contribution in [3.63, 3.8) is 0 Å². The average molecular weight is 344 g/mol. The molecule has 0 unspecified atom stereocenters. The molecule has 1 aromatic carbocycles. The van der Waals surface area contributed by atoms with Crippen LogP contribution in [0.15, 0.2) is 12.1 Å². The molecule has 1 aliphatic heterocycles. The predicted molar refractivity (Wildman–Crippen MR) is 90.5 cm³/mol. The fourth-order valence-corrected chi connectivity index (χ4v) is 2.87. The van der Waals surface area contributed by atoms with Crippen LogP contribution >= 0.6 is 11.6 Å². The monoisotopic (exact) mass is 343 g/mol. The van der Waals surface area contributed by atoms with E-state index in [9.17, 15) is 5.11 Å². The van der Waals surface area contributed by atoms with Gasteiger partial charge in [0.2, 0.25) is 0 Å². The zero-order valence-electron chi connectivity index (χ0n) is 13.9. The Balaban J connectivity index is 1.95. The first-order valence-corrected chi connectivity index (χ1v) is 8.46. The van der Waals surface area contributed by atoms with Crippen molar-refractivity contribution in [1.29, 1.82) is 0 Å². The highest BCUT2D eigenvalue weighted by Gasteiger charge is 2.29. The van der Waals surface area contributed by atoms with Gasteiger partial charge in [-0.15, -0.1) is 0 Å². The van der Waals surface area contributed by atoms with Gasteiger partial charge in [-0.2, -0.15) is 0 Å². The summed E-state index contributed by atoms with van der Waals surface area (Å²) in [7, 11) is 1.60. The third-order valence-electron chi connectivity index (χ3n) is 3.95. The number of aliphatic hydroxyl groups is 1. The molecule has 6 heteroatoms. The second-order valence-corrected chi connectivity index (χ2v) is 6.30. The Morgan fingerprint density at radius 1 is 1.35 bits per heavy atom. The minimum atomic E-state index is -0.684. The SMILES string of the molecule is CCCOc1c(Cl)cc(CNCC2(O)CCOCC2)cc1OC. The number of benzene rings is 1. The van der Waals surface area contributed by atoms with Crippen LogP contribution in [0.25, 0.3) is 0 Å². The van der Waals surface area contributed by atoms with Gasteiger partial charge in [-0.1, -0.05) is 18.5 Å². The molecule has 1 fully saturated rings. The molecule has 1 saturated heterocycles. The number of rotatable bonds is 8. The summed E-state index contributed by atoms with van der Waals surface area (Å²) >= 11 is 6.31. The Labute approximate surface area is 142 Å². The molecule has 0 saturated carbocycles. The van der Waals surface area contributed by atoms with Gasteiger partial charge in [-0.3, -0.25) is 0 Å². The fourth-order valence-electron chi connectivity index (χ4n) is 2.59. The van der Waals surface area contributed by atoms with Crippen LogP contribution in [0.4, 0.5) is 0 Å². The predicted octanol–water partition coefficient (Wildman–Crippen LogP) is 2.77. The van der Waals surface area contributed by atoms with Crippen LogP contribution in [0, 0.1) is 0 Å². The quantitative estimate of drug-likeness (QED) is 0.760. The number of hydrogen-bond donors (Lipinski definition) is 2. The van der Waals surface area contributed by atoms with Crippen molar-refractivity contribution >= 4 is 11.6 Å². The highest BCUT2D eigenvalue weighted by atomic mass is 35.5. The minimum absolute atomic E-state index is 0.532. The van der Waals surface area contributed by atoms with Gasteiger partial charge in [-0.25, -0.2) is 0 Å². The fraction of sp³-hybridized carbons (Fsp3) is 0.647. The molecule has 23 heavy (non-hydrogen) atoms. The van der Waals surface area contributed by atoms with Crippen LogP contribution in [0.5, 0.6) is 11.5 Å². The summed E-state index contributed by atoms with van der Waals surface area (Å²) in [5.41, 5.74) is 0.308. The Morgan fingerprint density at radius 3 is 2.74 bits per heavy atom. The van der Waals surface area contributed by atoms with E-state index in [1.165, 1.54) is 0 Å². The maximum atomic E-state index is 10.4. The second-order valence-electron chi connectivity index (χ2n) is 5.90. The largest absolute Gasteiger partial charge is 0.493 e. The first kappa shape index (κ1) is 18.3. The van der Waals surface area contributed by atoms with E-state index in [4.69, 9.17) is 25.8 Å². The molecule has 1 aliphatic rings. The lowest BCUT2D eigenvalue weighted by molar-refractivity contribution is -0.0617. The summed E-state index contributed by atoms with van der Waals surface area (Å²) < 4.78 is 16.3. The van der Waals surface area contributed by atoms with E-state index >= 15 is 0 Å². The van der Waals surface area contributed by atoms with Gasteiger partial charge in [0.05, 0.1) is 24.3 Å². The summed E-state index contributed by atoms with van der Waals surface area (Å²) in [5, 5.41) is 14.3. The van der Waals surface area contributed by atoms with E-state index < -0.39 is 5.60 Å². The Hall–Kier alpha value is -1.01. The second kappa shape index (κ2) is 8.73. The first-order chi connectivity index (χ1) is 11.1. The van der Waals surface area contributed by atoms with Crippen LogP contribution in [0.1, 0.15) is 31.7 Å². The third-order valence-corrected chi connectivity index (χ3v) is 4.23. The van der Waals surface area contributed by atoms with E-state index in [0.717, 1.165) is 12.0 Å². The summed E-state index contributed by atoms with van der Waals surface area (Å²) in [6.45, 7) is 5.00. The topological polar surface area (TPSA) is 60.0 Å². The van der Waals surface area contributed by atoms with E-state index in [1.807, 2.05) is 19.1 Å². The van der Waals surface area contributed by atoms with Crippen molar-refractivity contribution in [2.75, 3.05) is 33.5 Å². The van der Waals surface area contributed by atoms with Crippen LogP contribution in [-0.2, 0) is 11.3 Å². The smallest absolute Gasteiger partial charge is 0.179 e. The normalized spacial score (nSPS) is 17.0. The zero-order valence-corrected chi connectivity index (χ0v) is 14.6. The standard InChI is InChI=1S/C17H26ClNO4/c1-3-6-23-16-14(18)9-13(10-15(16)21-2)11-19-12-17(20)4-7-22-8-5-17/h9-10,19-20H,3-8,11-12H2,1-2H3. The van der Waals surface area contributed by atoms with Crippen molar-refractivity contribution in [2.24, 2.45) is 0 Å². The number of methoxy groups -OCH3 is 1. The molecular weight excluding hydrogens is 318 g/mol. The molecule has 2 rings (SSSR count). The molecule has 0 aromatic heterocycles. The lowest BCUT2D eigenvalue weighted by Crippen LogP contribution is -2.44. The van der Waals surface area contributed by atoms with Gasteiger partial charge in [0.1, 0.15) is 0 Å². The maximum absolute atomic E-state index is 10.4. The lowest BCUT2D eigenvalue weighted by atomic mass is 9.94. The highest BCUT2D eigenvalue weighted by molar-refractivity contribution is 6.32. The Kier molecular flexibility index (Phi) is 6.96. The number of halogens is 1. The average Bonchev–Trinajstić information content (AvgIpc) is 2.54. The van der Waals surface area contributed by atoms with Crippen LogP contribution in [0.2, 0.25) is 5.02 Å². The summed E-state index contributed by atoms with van der Waals surface area (Å²) in [6, 6.07) is 3.79. The zero-order chi connectivity index (χ0) is 16.7. The molecule has 5 nitrogen and oxygen atoms in total. The van der Waals surface area contributed by atoms with Crippen molar-refractivity contribution in [3.8, 4) is 11.5 Å². The van der Waals surface area contributed by atoms with Crippen molar-refractivity contribution in [2.45, 2.75) is 38.3 Å². The molecule has 1 aromatic rings. The van der Waals surface area contributed by atoms with Gasteiger partial charge < -0.3 is 24.6 Å². The summed E-state index contributed by atoms with van der Waals surface area (Å²) in [5.74, 6) is 1.22. The van der Waals surface area contributed by atoms with E-state index in [1.54, 1.807) is 7.11 Å². The summed E-state index contributed by atoms with van der Waals surface area (Å²) in [6.07, 6.45) is 2.23. The third kappa shape index (κ3) is 5.24. The van der Waals surface area contributed by atoms with Crippen molar-refractivity contribution in [1.82, 2.24) is 5.32 Å². The first-order valence-electron chi connectivity index (χ1n) is 8.08. The Bertz CT molecular complexity index is 504. The Morgan fingerprint density at radius 2 is 2.09 bits per heavy atom. The van der Waals surface area contributed by atoms with Crippen molar-refractivity contribution < 1.29 is 19.3 Å².